The summed E-state index contributed by atoms with van der Waals surface area (Å²) in [6, 6.07) is 0.904. The van der Waals surface area contributed by atoms with Gasteiger partial charge in [0.1, 0.15) is 0 Å². The summed E-state index contributed by atoms with van der Waals surface area (Å²) in [7, 11) is -5.73. The predicted molar refractivity (Wildman–Crippen MR) is 56.7 cm³/mol. The van der Waals surface area contributed by atoms with Crippen molar-refractivity contribution in [1.82, 2.24) is 0 Å². The molecule has 18 heavy (non-hydrogen) atoms. The maximum Gasteiger partial charge on any atom is 0.501 e. The quantitative estimate of drug-likeness (QED) is 0.908. The lowest BCUT2D eigenvalue weighted by Gasteiger charge is -2.11. The van der Waals surface area contributed by atoms with Crippen molar-refractivity contribution in [2.75, 3.05) is 0 Å². The van der Waals surface area contributed by atoms with E-state index in [1.165, 1.54) is 0 Å². The van der Waals surface area contributed by atoms with Crippen LogP contribution in [0.1, 0.15) is 10.4 Å². The van der Waals surface area contributed by atoms with Gasteiger partial charge in [-0.2, -0.15) is 13.2 Å². The lowest BCUT2D eigenvalue weighted by atomic mass is 10.2. The number of aromatic carboxylic acids is 1. The van der Waals surface area contributed by atoms with Crippen LogP contribution in [0.4, 0.5) is 13.2 Å². The number of sulfone groups is 1. The zero-order chi connectivity index (χ0) is 14.3. The maximum atomic E-state index is 12.3. The molecule has 0 aliphatic carbocycles. The van der Waals surface area contributed by atoms with E-state index in [4.69, 9.17) is 28.3 Å². The van der Waals surface area contributed by atoms with Crippen LogP contribution in [-0.4, -0.2) is 25.0 Å². The van der Waals surface area contributed by atoms with Gasteiger partial charge in [0.2, 0.25) is 0 Å². The van der Waals surface area contributed by atoms with E-state index >= 15 is 0 Å². The lowest BCUT2D eigenvalue weighted by Crippen LogP contribution is -2.24. The molecular weight excluding hydrogens is 320 g/mol. The zero-order valence-corrected chi connectivity index (χ0v) is 10.5. The molecule has 100 valence electrons. The Morgan fingerprint density at radius 3 is 2.06 bits per heavy atom. The van der Waals surface area contributed by atoms with Gasteiger partial charge in [0, 0.05) is 0 Å². The Morgan fingerprint density at radius 2 is 1.67 bits per heavy atom. The molecule has 0 bridgehead atoms. The monoisotopic (exact) mass is 322 g/mol. The Morgan fingerprint density at radius 1 is 1.17 bits per heavy atom. The van der Waals surface area contributed by atoms with E-state index in [1.54, 1.807) is 0 Å². The molecule has 0 unspecified atom stereocenters. The highest BCUT2D eigenvalue weighted by molar-refractivity contribution is 7.92. The molecule has 0 amide bonds. The van der Waals surface area contributed by atoms with E-state index in [1.807, 2.05) is 0 Å². The minimum absolute atomic E-state index is 0.274. The van der Waals surface area contributed by atoms with Gasteiger partial charge >= 0.3 is 11.5 Å². The predicted octanol–water partition coefficient (Wildman–Crippen LogP) is 2.99. The van der Waals surface area contributed by atoms with Crippen molar-refractivity contribution in [3.05, 3.63) is 27.7 Å². The van der Waals surface area contributed by atoms with Crippen molar-refractivity contribution >= 4 is 39.0 Å². The molecule has 0 aliphatic rings. The van der Waals surface area contributed by atoms with Gasteiger partial charge in [-0.15, -0.1) is 0 Å². The molecule has 10 heteroatoms. The number of halogens is 5. The van der Waals surface area contributed by atoms with Crippen LogP contribution in [0.15, 0.2) is 17.0 Å². The average molecular weight is 323 g/mol. The van der Waals surface area contributed by atoms with Crippen molar-refractivity contribution < 1.29 is 31.5 Å². The number of carboxylic acid groups (broad SMARTS) is 1. The second kappa shape index (κ2) is 4.60. The molecule has 0 aromatic heterocycles. The number of carbonyl (C=O) groups is 1. The first-order chi connectivity index (χ1) is 7.98. The van der Waals surface area contributed by atoms with Crippen molar-refractivity contribution in [2.45, 2.75) is 10.4 Å². The molecule has 0 saturated heterocycles. The third-order valence-electron chi connectivity index (χ3n) is 1.85. The van der Waals surface area contributed by atoms with E-state index in [0.29, 0.717) is 6.07 Å². The number of rotatable bonds is 2. The minimum Gasteiger partial charge on any atom is -0.478 e. The molecule has 0 saturated carbocycles. The van der Waals surface area contributed by atoms with E-state index in [9.17, 15) is 26.4 Å². The highest BCUT2D eigenvalue weighted by Crippen LogP contribution is 2.36. The zero-order valence-electron chi connectivity index (χ0n) is 8.12. The van der Waals surface area contributed by atoms with Crippen LogP contribution < -0.4 is 0 Å². The SMILES string of the molecule is O=C(O)c1cc(S(=O)(=O)C(F)(F)F)c(Cl)cc1Cl. The molecule has 0 aliphatic heterocycles. The van der Waals surface area contributed by atoms with Crippen LogP contribution >= 0.6 is 23.2 Å². The fraction of sp³-hybridized carbons (Fsp3) is 0.125. The Balaban J connectivity index is 3.63. The van der Waals surface area contributed by atoms with E-state index in [-0.39, 0.29) is 6.07 Å². The smallest absolute Gasteiger partial charge is 0.478 e. The van der Waals surface area contributed by atoms with Crippen LogP contribution in [-0.2, 0) is 9.84 Å². The summed E-state index contributed by atoms with van der Waals surface area (Å²) >= 11 is 10.8. The Hall–Kier alpha value is -0.990. The van der Waals surface area contributed by atoms with E-state index in [0.717, 1.165) is 0 Å². The fourth-order valence-electron chi connectivity index (χ4n) is 1.02. The molecule has 1 N–H and O–H groups in total. The van der Waals surface area contributed by atoms with E-state index < -0.39 is 41.8 Å². The third-order valence-corrected chi connectivity index (χ3v) is 4.11. The summed E-state index contributed by atoms with van der Waals surface area (Å²) in [5.41, 5.74) is -6.37. The highest BCUT2D eigenvalue weighted by atomic mass is 35.5. The van der Waals surface area contributed by atoms with Crippen molar-refractivity contribution in [3.8, 4) is 0 Å². The van der Waals surface area contributed by atoms with E-state index in [2.05, 4.69) is 0 Å². The molecule has 1 aromatic rings. The summed E-state index contributed by atoms with van der Waals surface area (Å²) in [5, 5.41) is 7.38. The van der Waals surface area contributed by atoms with Gasteiger partial charge < -0.3 is 5.11 Å². The van der Waals surface area contributed by atoms with Crippen LogP contribution in [0.2, 0.25) is 10.0 Å². The summed E-state index contributed by atoms with van der Waals surface area (Å²) in [6.45, 7) is 0. The second-order valence-electron chi connectivity index (χ2n) is 3.02. The standard InChI is InChI=1S/C8H3Cl2F3O4S/c9-4-2-5(10)6(1-3(4)7(14)15)18(16,17)8(11,12)13/h1-2H,(H,14,15). The second-order valence-corrected chi connectivity index (χ2v) is 5.74. The molecule has 0 fully saturated rings. The van der Waals surface area contributed by atoms with Crippen molar-refractivity contribution in [2.24, 2.45) is 0 Å². The third kappa shape index (κ3) is 2.55. The van der Waals surface area contributed by atoms with Crippen LogP contribution in [0.3, 0.4) is 0 Å². The molecule has 0 heterocycles. The molecular formula is C8H3Cl2F3O4S. The molecule has 0 radical (unpaired) electrons. The minimum atomic E-state index is -5.73. The summed E-state index contributed by atoms with van der Waals surface area (Å²) in [6.07, 6.45) is 0. The first-order valence-electron chi connectivity index (χ1n) is 4.02. The summed E-state index contributed by atoms with van der Waals surface area (Å²) < 4.78 is 59.1. The summed E-state index contributed by atoms with van der Waals surface area (Å²) in [4.78, 5) is 9.31. The molecule has 1 aromatic carbocycles. The number of alkyl halides is 3. The highest BCUT2D eigenvalue weighted by Gasteiger charge is 2.48. The van der Waals surface area contributed by atoms with Gasteiger partial charge in [-0.05, 0) is 12.1 Å². The largest absolute Gasteiger partial charge is 0.501 e. The first-order valence-corrected chi connectivity index (χ1v) is 6.26. The van der Waals surface area contributed by atoms with Crippen LogP contribution in [0.5, 0.6) is 0 Å². The van der Waals surface area contributed by atoms with Gasteiger partial charge in [-0.25, -0.2) is 13.2 Å². The number of benzene rings is 1. The number of carboxylic acids is 1. The first kappa shape index (κ1) is 15.1. The van der Waals surface area contributed by atoms with Crippen molar-refractivity contribution in [1.29, 1.82) is 0 Å². The molecule has 4 nitrogen and oxygen atoms in total. The maximum absolute atomic E-state index is 12.3. The van der Waals surface area contributed by atoms with Crippen LogP contribution in [0.25, 0.3) is 0 Å². The van der Waals surface area contributed by atoms with Crippen LogP contribution in [0, 0.1) is 0 Å². The Kier molecular flexibility index (Phi) is 3.85. The lowest BCUT2D eigenvalue weighted by molar-refractivity contribution is -0.0436. The Labute approximate surface area is 109 Å². The van der Waals surface area contributed by atoms with Gasteiger partial charge in [0.05, 0.1) is 20.5 Å². The topological polar surface area (TPSA) is 71.4 Å². The normalized spacial score (nSPS) is 12.5. The van der Waals surface area contributed by atoms with Gasteiger partial charge in [0.25, 0.3) is 9.84 Å². The van der Waals surface area contributed by atoms with Gasteiger partial charge in [-0.1, -0.05) is 23.2 Å². The molecule has 1 rings (SSSR count). The van der Waals surface area contributed by atoms with Gasteiger partial charge in [-0.3, -0.25) is 0 Å². The Bertz CT molecular complexity index is 610. The fourth-order valence-corrected chi connectivity index (χ4v) is 2.63. The van der Waals surface area contributed by atoms with Crippen molar-refractivity contribution in [3.63, 3.8) is 0 Å². The molecule has 0 atom stereocenters. The molecule has 0 spiro atoms. The number of hydrogen-bond acceptors (Lipinski definition) is 3. The number of hydrogen-bond donors (Lipinski definition) is 1. The van der Waals surface area contributed by atoms with Gasteiger partial charge in [0.15, 0.2) is 0 Å². The average Bonchev–Trinajstić information content (AvgIpc) is 2.14. The summed E-state index contributed by atoms with van der Waals surface area (Å²) in [5.74, 6) is -1.67.